The summed E-state index contributed by atoms with van der Waals surface area (Å²) < 4.78 is 25.5. The molecular weight excluding hydrogens is 326 g/mol. The molecule has 2 aromatic carbocycles. The minimum absolute atomic E-state index is 0.0889. The van der Waals surface area contributed by atoms with E-state index in [4.69, 9.17) is 0 Å². The lowest BCUT2D eigenvalue weighted by Gasteiger charge is -2.27. The van der Waals surface area contributed by atoms with Gasteiger partial charge in [0, 0.05) is 4.47 Å². The van der Waals surface area contributed by atoms with Gasteiger partial charge in [-0.1, -0.05) is 40.2 Å². The molecule has 0 saturated carbocycles. The Balaban J connectivity index is 2.03. The van der Waals surface area contributed by atoms with Crippen LogP contribution in [0.1, 0.15) is 11.6 Å². The molecule has 0 radical (unpaired) electrons. The first-order chi connectivity index (χ1) is 9.06. The highest BCUT2D eigenvalue weighted by molar-refractivity contribution is 9.10. The zero-order valence-corrected chi connectivity index (χ0v) is 12.4. The molecule has 0 aliphatic carbocycles. The van der Waals surface area contributed by atoms with Gasteiger partial charge in [0.25, 0.3) is 0 Å². The fourth-order valence-corrected chi connectivity index (χ4v) is 4.18. The minimum Gasteiger partial charge on any atom is -0.376 e. The smallest absolute Gasteiger partial charge is 0.182 e. The number of hydrogen-bond acceptors (Lipinski definition) is 3. The Hall–Kier alpha value is -1.33. The van der Waals surface area contributed by atoms with Gasteiger partial charge in [-0.25, -0.2) is 8.42 Å². The molecule has 3 nitrogen and oxygen atoms in total. The van der Waals surface area contributed by atoms with E-state index >= 15 is 0 Å². The van der Waals surface area contributed by atoms with Crippen LogP contribution in [0.15, 0.2) is 57.9 Å². The molecule has 0 saturated heterocycles. The normalized spacial score (nSPS) is 20.4. The number of anilines is 1. The summed E-state index contributed by atoms with van der Waals surface area (Å²) in [5.41, 5.74) is 1.66. The molecular formula is C14H12BrNO2S. The second-order valence-electron chi connectivity index (χ2n) is 4.53. The van der Waals surface area contributed by atoms with Gasteiger partial charge in [-0.05, 0) is 29.8 Å². The average Bonchev–Trinajstić information content (AvgIpc) is 2.39. The average molecular weight is 338 g/mol. The molecule has 1 aliphatic rings. The highest BCUT2D eigenvalue weighted by atomic mass is 79.9. The summed E-state index contributed by atoms with van der Waals surface area (Å²) in [6.07, 6.45) is 0. The summed E-state index contributed by atoms with van der Waals surface area (Å²) in [4.78, 5) is 0.392. The number of hydrogen-bond donors (Lipinski definition) is 1. The Morgan fingerprint density at radius 1 is 1.05 bits per heavy atom. The number of halogens is 1. The lowest BCUT2D eigenvalue weighted by atomic mass is 10.1. The van der Waals surface area contributed by atoms with Gasteiger partial charge in [0.15, 0.2) is 9.84 Å². The van der Waals surface area contributed by atoms with Gasteiger partial charge in [-0.2, -0.15) is 0 Å². The van der Waals surface area contributed by atoms with Crippen LogP contribution >= 0.6 is 15.9 Å². The molecule has 1 atom stereocenters. The van der Waals surface area contributed by atoms with Crippen molar-refractivity contribution in [1.29, 1.82) is 0 Å². The lowest BCUT2D eigenvalue weighted by Crippen LogP contribution is -2.27. The summed E-state index contributed by atoms with van der Waals surface area (Å²) in [7, 11) is -3.22. The van der Waals surface area contributed by atoms with Crippen LogP contribution in [0.2, 0.25) is 0 Å². The van der Waals surface area contributed by atoms with E-state index in [0.29, 0.717) is 10.6 Å². The number of sulfone groups is 1. The zero-order valence-electron chi connectivity index (χ0n) is 10.0. The van der Waals surface area contributed by atoms with Crippen LogP contribution < -0.4 is 5.32 Å². The highest BCUT2D eigenvalue weighted by Crippen LogP contribution is 2.34. The first-order valence-corrected chi connectivity index (χ1v) is 8.34. The second-order valence-corrected chi connectivity index (χ2v) is 7.44. The summed E-state index contributed by atoms with van der Waals surface area (Å²) in [6.45, 7) is 0. The third kappa shape index (κ3) is 2.40. The number of rotatable bonds is 1. The van der Waals surface area contributed by atoms with Crippen LogP contribution in [0.5, 0.6) is 0 Å². The van der Waals surface area contributed by atoms with Crippen LogP contribution in [0.3, 0.4) is 0 Å². The topological polar surface area (TPSA) is 46.2 Å². The van der Waals surface area contributed by atoms with Gasteiger partial charge in [-0.3, -0.25) is 0 Å². The number of fused-ring (bicyclic) bond motifs is 1. The van der Waals surface area contributed by atoms with Crippen LogP contribution in [0.25, 0.3) is 0 Å². The number of benzene rings is 2. The first kappa shape index (κ1) is 12.7. The van der Waals surface area contributed by atoms with E-state index < -0.39 is 9.84 Å². The van der Waals surface area contributed by atoms with Crippen molar-refractivity contribution < 1.29 is 8.42 Å². The third-order valence-electron chi connectivity index (χ3n) is 3.21. The molecule has 1 aliphatic heterocycles. The van der Waals surface area contributed by atoms with E-state index in [-0.39, 0.29) is 11.8 Å². The zero-order chi connectivity index (χ0) is 13.5. The first-order valence-electron chi connectivity index (χ1n) is 5.90. The molecule has 0 aromatic heterocycles. The van der Waals surface area contributed by atoms with Gasteiger partial charge in [0.2, 0.25) is 0 Å². The van der Waals surface area contributed by atoms with Crippen molar-refractivity contribution >= 4 is 31.5 Å². The Kier molecular flexibility index (Phi) is 3.11. The standard InChI is InChI=1S/C14H12BrNO2S/c15-11-7-5-10(6-8-11)13-9-19(17,18)14-4-2-1-3-12(14)16-13/h1-8,13,16H,9H2. The predicted octanol–water partition coefficient (Wildman–Crippen LogP) is 3.39. The fraction of sp³-hybridized carbons (Fsp3) is 0.143. The summed E-state index contributed by atoms with van der Waals surface area (Å²) in [5, 5.41) is 3.29. The molecule has 98 valence electrons. The Labute approximate surface area is 120 Å². The van der Waals surface area contributed by atoms with E-state index in [9.17, 15) is 8.42 Å². The SMILES string of the molecule is O=S1(=O)CC(c2ccc(Br)cc2)Nc2ccccc21. The molecule has 1 N–H and O–H groups in total. The van der Waals surface area contributed by atoms with Crippen molar-refractivity contribution in [3.63, 3.8) is 0 Å². The summed E-state index contributed by atoms with van der Waals surface area (Å²) in [5.74, 6) is 0.0889. The molecule has 2 aromatic rings. The Morgan fingerprint density at radius 2 is 1.74 bits per heavy atom. The van der Waals surface area contributed by atoms with E-state index in [1.165, 1.54) is 0 Å². The van der Waals surface area contributed by atoms with Crippen LogP contribution in [0.4, 0.5) is 5.69 Å². The third-order valence-corrected chi connectivity index (χ3v) is 5.54. The lowest BCUT2D eigenvalue weighted by molar-refractivity contribution is 0.587. The van der Waals surface area contributed by atoms with Crippen molar-refractivity contribution in [2.75, 3.05) is 11.1 Å². The minimum atomic E-state index is -3.22. The molecule has 19 heavy (non-hydrogen) atoms. The summed E-state index contributed by atoms with van der Waals surface area (Å²) in [6, 6.07) is 14.6. The summed E-state index contributed by atoms with van der Waals surface area (Å²) >= 11 is 3.38. The Morgan fingerprint density at radius 3 is 2.47 bits per heavy atom. The maximum absolute atomic E-state index is 12.3. The van der Waals surface area contributed by atoms with E-state index in [0.717, 1.165) is 10.0 Å². The molecule has 0 spiro atoms. The van der Waals surface area contributed by atoms with Crippen molar-refractivity contribution in [2.24, 2.45) is 0 Å². The highest BCUT2D eigenvalue weighted by Gasteiger charge is 2.30. The number of para-hydroxylation sites is 1. The second kappa shape index (κ2) is 4.65. The van der Waals surface area contributed by atoms with Gasteiger partial charge in [0.05, 0.1) is 22.4 Å². The largest absolute Gasteiger partial charge is 0.376 e. The Bertz CT molecular complexity index is 710. The molecule has 1 unspecified atom stereocenters. The monoisotopic (exact) mass is 337 g/mol. The van der Waals surface area contributed by atoms with E-state index in [2.05, 4.69) is 21.2 Å². The maximum Gasteiger partial charge on any atom is 0.182 e. The van der Waals surface area contributed by atoms with Gasteiger partial charge >= 0.3 is 0 Å². The van der Waals surface area contributed by atoms with Crippen LogP contribution in [-0.2, 0) is 9.84 Å². The number of nitrogens with one attached hydrogen (secondary N) is 1. The molecule has 0 fully saturated rings. The van der Waals surface area contributed by atoms with Gasteiger partial charge in [0.1, 0.15) is 0 Å². The van der Waals surface area contributed by atoms with Gasteiger partial charge in [-0.15, -0.1) is 0 Å². The predicted molar refractivity (Wildman–Crippen MR) is 79.0 cm³/mol. The van der Waals surface area contributed by atoms with E-state index in [1.54, 1.807) is 18.2 Å². The van der Waals surface area contributed by atoms with Crippen molar-refractivity contribution in [3.05, 3.63) is 58.6 Å². The quantitative estimate of drug-likeness (QED) is 0.867. The molecule has 3 rings (SSSR count). The van der Waals surface area contributed by atoms with Gasteiger partial charge < -0.3 is 5.32 Å². The van der Waals surface area contributed by atoms with Crippen molar-refractivity contribution in [1.82, 2.24) is 0 Å². The molecule has 5 heteroatoms. The fourth-order valence-electron chi connectivity index (χ4n) is 2.27. The van der Waals surface area contributed by atoms with Crippen LogP contribution in [0, 0.1) is 0 Å². The van der Waals surface area contributed by atoms with E-state index in [1.807, 2.05) is 30.3 Å². The van der Waals surface area contributed by atoms with Crippen LogP contribution in [-0.4, -0.2) is 14.2 Å². The molecule has 1 heterocycles. The molecule has 0 bridgehead atoms. The molecule has 0 amide bonds. The maximum atomic E-state index is 12.3. The van der Waals surface area contributed by atoms with Crippen molar-refractivity contribution in [2.45, 2.75) is 10.9 Å². The van der Waals surface area contributed by atoms with Crippen molar-refractivity contribution in [3.8, 4) is 0 Å².